The van der Waals surface area contributed by atoms with E-state index in [2.05, 4.69) is 10.2 Å². The van der Waals surface area contributed by atoms with Crippen LogP contribution in [0.1, 0.15) is 18.4 Å². The molecule has 2 aromatic rings. The van der Waals surface area contributed by atoms with Gasteiger partial charge in [0.25, 0.3) is 0 Å². The molecule has 0 saturated heterocycles. The van der Waals surface area contributed by atoms with Gasteiger partial charge < -0.3 is 10.1 Å². The first kappa shape index (κ1) is 17.4. The molecule has 0 atom stereocenters. The highest BCUT2D eigenvalue weighted by molar-refractivity contribution is 5.92. The van der Waals surface area contributed by atoms with Gasteiger partial charge in [0.1, 0.15) is 17.4 Å². The topological polar surface area (TPSA) is 41.6 Å². The number of rotatable bonds is 7. The molecule has 0 aromatic heterocycles. The second-order valence-electron chi connectivity index (χ2n) is 6.19. The van der Waals surface area contributed by atoms with E-state index in [1.807, 2.05) is 24.3 Å². The molecular weight excluding hydrogens is 326 g/mol. The van der Waals surface area contributed by atoms with Gasteiger partial charge in [-0.05, 0) is 42.7 Å². The summed E-state index contributed by atoms with van der Waals surface area (Å²) in [5.74, 6) is -0.932. The molecule has 25 heavy (non-hydrogen) atoms. The van der Waals surface area contributed by atoms with E-state index in [4.69, 9.17) is 4.74 Å². The maximum absolute atomic E-state index is 13.2. The number of nitrogens with zero attached hydrogens (tertiary/aromatic N) is 1. The third-order valence-electron chi connectivity index (χ3n) is 4.10. The Kier molecular flexibility index (Phi) is 5.28. The Bertz CT molecular complexity index is 725. The van der Waals surface area contributed by atoms with Crippen LogP contribution in [-0.2, 0) is 11.3 Å². The van der Waals surface area contributed by atoms with Crippen LogP contribution in [0, 0.1) is 11.6 Å². The quantitative estimate of drug-likeness (QED) is 0.833. The summed E-state index contributed by atoms with van der Waals surface area (Å²) in [5, 5.41) is 2.56. The van der Waals surface area contributed by atoms with Crippen molar-refractivity contribution in [1.82, 2.24) is 4.90 Å². The molecule has 6 heteroatoms. The average molecular weight is 346 g/mol. The molecule has 0 heterocycles. The van der Waals surface area contributed by atoms with Crippen LogP contribution in [0.25, 0.3) is 0 Å². The van der Waals surface area contributed by atoms with Gasteiger partial charge >= 0.3 is 0 Å². The number of amides is 1. The number of nitrogens with one attached hydrogen (secondary N) is 1. The lowest BCUT2D eigenvalue weighted by Gasteiger charge is -2.21. The zero-order valence-electron chi connectivity index (χ0n) is 14.0. The fourth-order valence-corrected chi connectivity index (χ4v) is 2.73. The van der Waals surface area contributed by atoms with Crippen LogP contribution in [0.2, 0.25) is 0 Å². The summed E-state index contributed by atoms with van der Waals surface area (Å²) in [5.41, 5.74) is 1.21. The van der Waals surface area contributed by atoms with Crippen molar-refractivity contribution < 1.29 is 18.3 Å². The van der Waals surface area contributed by atoms with Crippen LogP contribution in [0.3, 0.4) is 0 Å². The number of carbonyl (C=O) groups excluding carboxylic acids is 1. The van der Waals surface area contributed by atoms with Crippen molar-refractivity contribution in [2.24, 2.45) is 0 Å². The van der Waals surface area contributed by atoms with Gasteiger partial charge in [0.2, 0.25) is 5.91 Å². The third-order valence-corrected chi connectivity index (χ3v) is 4.10. The molecule has 0 spiro atoms. The number of hydrogen-bond donors (Lipinski definition) is 1. The van der Waals surface area contributed by atoms with Crippen LogP contribution in [-0.4, -0.2) is 30.5 Å². The number of hydrogen-bond acceptors (Lipinski definition) is 3. The molecule has 1 aliphatic carbocycles. The van der Waals surface area contributed by atoms with Crippen molar-refractivity contribution >= 4 is 11.6 Å². The van der Waals surface area contributed by atoms with E-state index in [9.17, 15) is 13.6 Å². The number of anilines is 1. The van der Waals surface area contributed by atoms with E-state index in [0.29, 0.717) is 12.6 Å². The summed E-state index contributed by atoms with van der Waals surface area (Å²) in [4.78, 5) is 14.3. The minimum absolute atomic E-state index is 0.127. The predicted molar refractivity (Wildman–Crippen MR) is 91.4 cm³/mol. The van der Waals surface area contributed by atoms with Crippen LogP contribution in [0.15, 0.2) is 42.5 Å². The summed E-state index contributed by atoms with van der Waals surface area (Å²) in [7, 11) is 1.62. The van der Waals surface area contributed by atoms with Gasteiger partial charge in [0, 0.05) is 24.3 Å². The zero-order valence-corrected chi connectivity index (χ0v) is 14.0. The smallest absolute Gasteiger partial charge is 0.238 e. The van der Waals surface area contributed by atoms with Crippen LogP contribution in [0.5, 0.6) is 5.75 Å². The number of carbonyl (C=O) groups is 1. The van der Waals surface area contributed by atoms with Crippen molar-refractivity contribution in [3.05, 3.63) is 59.7 Å². The Morgan fingerprint density at radius 3 is 2.36 bits per heavy atom. The molecule has 0 radical (unpaired) electrons. The SMILES string of the molecule is COc1ccc(CN(CC(=O)Nc2cc(F)cc(F)c2)C2CC2)cc1. The number of ether oxygens (including phenoxy) is 1. The first-order valence-electron chi connectivity index (χ1n) is 8.16. The minimum atomic E-state index is -0.715. The van der Waals surface area contributed by atoms with E-state index >= 15 is 0 Å². The predicted octanol–water partition coefficient (Wildman–Crippen LogP) is 3.58. The summed E-state index contributed by atoms with van der Waals surface area (Å²) in [6.45, 7) is 0.814. The Balaban J connectivity index is 1.61. The highest BCUT2D eigenvalue weighted by Gasteiger charge is 2.30. The third kappa shape index (κ3) is 5.00. The van der Waals surface area contributed by atoms with E-state index in [1.165, 1.54) is 0 Å². The zero-order chi connectivity index (χ0) is 17.8. The molecule has 0 unspecified atom stereocenters. The van der Waals surface area contributed by atoms with Gasteiger partial charge in [-0.1, -0.05) is 12.1 Å². The van der Waals surface area contributed by atoms with Gasteiger partial charge in [0.05, 0.1) is 13.7 Å². The van der Waals surface area contributed by atoms with Gasteiger partial charge in [-0.15, -0.1) is 0 Å². The monoisotopic (exact) mass is 346 g/mol. The molecule has 1 amide bonds. The summed E-state index contributed by atoms with van der Waals surface area (Å²) < 4.78 is 31.6. The fraction of sp³-hybridized carbons (Fsp3) is 0.316. The number of methoxy groups -OCH3 is 1. The second kappa shape index (κ2) is 7.61. The van der Waals surface area contributed by atoms with Crippen LogP contribution >= 0.6 is 0 Å². The maximum atomic E-state index is 13.2. The lowest BCUT2D eigenvalue weighted by molar-refractivity contribution is -0.117. The van der Waals surface area contributed by atoms with Crippen molar-refractivity contribution in [3.8, 4) is 5.75 Å². The molecule has 1 saturated carbocycles. The Labute approximate surface area is 145 Å². The van der Waals surface area contributed by atoms with Crippen molar-refractivity contribution in [1.29, 1.82) is 0 Å². The van der Waals surface area contributed by atoms with Gasteiger partial charge in [0.15, 0.2) is 0 Å². The normalized spacial score (nSPS) is 13.8. The highest BCUT2D eigenvalue weighted by atomic mass is 19.1. The van der Waals surface area contributed by atoms with Gasteiger partial charge in [-0.25, -0.2) is 8.78 Å². The van der Waals surface area contributed by atoms with Gasteiger partial charge in [-0.2, -0.15) is 0 Å². The first-order valence-corrected chi connectivity index (χ1v) is 8.16. The van der Waals surface area contributed by atoms with Crippen LogP contribution in [0.4, 0.5) is 14.5 Å². The fourth-order valence-electron chi connectivity index (χ4n) is 2.73. The van der Waals surface area contributed by atoms with Crippen molar-refractivity contribution in [2.45, 2.75) is 25.4 Å². The average Bonchev–Trinajstić information content (AvgIpc) is 3.38. The number of halogens is 2. The number of benzene rings is 2. The first-order chi connectivity index (χ1) is 12.0. The Hall–Kier alpha value is -2.47. The summed E-state index contributed by atoms with van der Waals surface area (Å²) >= 11 is 0. The van der Waals surface area contributed by atoms with Crippen molar-refractivity contribution in [2.75, 3.05) is 19.0 Å². The van der Waals surface area contributed by atoms with E-state index < -0.39 is 11.6 Å². The van der Waals surface area contributed by atoms with E-state index in [-0.39, 0.29) is 18.1 Å². The molecule has 1 N–H and O–H groups in total. The molecule has 2 aromatic carbocycles. The molecule has 3 rings (SSSR count). The minimum Gasteiger partial charge on any atom is -0.497 e. The lowest BCUT2D eigenvalue weighted by atomic mass is 10.2. The lowest BCUT2D eigenvalue weighted by Crippen LogP contribution is -2.34. The summed E-state index contributed by atoms with van der Waals surface area (Å²) in [6, 6.07) is 11.1. The van der Waals surface area contributed by atoms with E-state index in [0.717, 1.165) is 42.4 Å². The molecule has 1 fully saturated rings. The highest BCUT2D eigenvalue weighted by Crippen LogP contribution is 2.28. The Morgan fingerprint density at radius 2 is 1.80 bits per heavy atom. The molecule has 0 bridgehead atoms. The standard InChI is InChI=1S/C19H20F2N2O2/c1-25-18-6-2-13(3-7-18)11-23(17-4-5-17)12-19(24)22-16-9-14(20)8-15(21)10-16/h2-3,6-10,17H,4-5,11-12H2,1H3,(H,22,24). The molecule has 0 aliphatic heterocycles. The summed E-state index contributed by atoms with van der Waals surface area (Å²) in [6.07, 6.45) is 2.11. The van der Waals surface area contributed by atoms with E-state index in [1.54, 1.807) is 7.11 Å². The van der Waals surface area contributed by atoms with Crippen LogP contribution < -0.4 is 10.1 Å². The maximum Gasteiger partial charge on any atom is 0.238 e. The molecule has 132 valence electrons. The molecule has 1 aliphatic rings. The molecule has 4 nitrogen and oxygen atoms in total. The Morgan fingerprint density at radius 1 is 1.16 bits per heavy atom. The van der Waals surface area contributed by atoms with Gasteiger partial charge in [-0.3, -0.25) is 9.69 Å². The second-order valence-corrected chi connectivity index (χ2v) is 6.19. The molecular formula is C19H20F2N2O2. The van der Waals surface area contributed by atoms with Crippen molar-refractivity contribution in [3.63, 3.8) is 0 Å². The largest absolute Gasteiger partial charge is 0.497 e.